The van der Waals surface area contributed by atoms with Crippen molar-refractivity contribution in [3.8, 4) is 11.5 Å². The maximum Gasteiger partial charge on any atom is 0.131 e. The van der Waals surface area contributed by atoms with Gasteiger partial charge in [0.25, 0.3) is 0 Å². The van der Waals surface area contributed by atoms with Crippen molar-refractivity contribution in [2.75, 3.05) is 26.4 Å². The Labute approximate surface area is 166 Å². The van der Waals surface area contributed by atoms with Crippen molar-refractivity contribution in [1.82, 2.24) is 0 Å². The summed E-state index contributed by atoms with van der Waals surface area (Å²) in [4.78, 5) is 0. The number of ether oxygens (including phenoxy) is 4. The van der Waals surface area contributed by atoms with Gasteiger partial charge in [-0.15, -0.1) is 13.2 Å². The van der Waals surface area contributed by atoms with Crippen LogP contribution in [-0.2, 0) is 22.3 Å². The minimum Gasteiger partial charge on any atom is -0.490 e. The molecule has 2 aliphatic rings. The predicted molar refractivity (Wildman–Crippen MR) is 113 cm³/mol. The third-order valence-corrected chi connectivity index (χ3v) is 4.59. The fourth-order valence-corrected chi connectivity index (χ4v) is 3.14. The van der Waals surface area contributed by atoms with Crippen LogP contribution < -0.4 is 19.9 Å². The summed E-state index contributed by atoms with van der Waals surface area (Å²) in [7, 11) is 0. The van der Waals surface area contributed by atoms with Gasteiger partial charge in [-0.1, -0.05) is 49.6 Å². The lowest BCUT2D eigenvalue weighted by Crippen LogP contribution is -2.33. The molecule has 0 bridgehead atoms. The van der Waals surface area contributed by atoms with Gasteiger partial charge < -0.3 is 18.9 Å². The fraction of sp³-hybridized carbons (Fsp3) is 0.333. The van der Waals surface area contributed by atoms with Gasteiger partial charge in [-0.2, -0.15) is 0 Å². The van der Waals surface area contributed by atoms with Gasteiger partial charge in [0.1, 0.15) is 36.9 Å². The predicted octanol–water partition coefficient (Wildman–Crippen LogP) is 2.63. The summed E-state index contributed by atoms with van der Waals surface area (Å²) in [6, 6.07) is 0. The molecule has 0 saturated carbocycles. The number of benzene rings is 1. The minimum atomic E-state index is 0.158. The Morgan fingerprint density at radius 2 is 1.14 bits per heavy atom. The molecule has 1 aromatic carbocycles. The van der Waals surface area contributed by atoms with Gasteiger partial charge in [-0.25, -0.2) is 0 Å². The van der Waals surface area contributed by atoms with Crippen molar-refractivity contribution < 1.29 is 18.9 Å². The van der Waals surface area contributed by atoms with Gasteiger partial charge in [-0.3, -0.25) is 0 Å². The van der Waals surface area contributed by atoms with E-state index in [0.29, 0.717) is 26.1 Å². The largest absolute Gasteiger partial charge is 0.490 e. The van der Waals surface area contributed by atoms with Gasteiger partial charge in [0.15, 0.2) is 0 Å². The second-order valence-electron chi connectivity index (χ2n) is 6.77. The number of epoxide rings is 2. The third kappa shape index (κ3) is 4.83. The summed E-state index contributed by atoms with van der Waals surface area (Å²) in [6.45, 7) is 18.1. The summed E-state index contributed by atoms with van der Waals surface area (Å²) in [5.74, 6) is 1.63. The number of rotatable bonds is 12. The molecular formula is C24H28O4. The molecule has 0 N–H and O–H groups in total. The second-order valence-corrected chi connectivity index (χ2v) is 6.77. The molecule has 0 aliphatic carbocycles. The van der Waals surface area contributed by atoms with Gasteiger partial charge in [0, 0.05) is 21.6 Å². The van der Waals surface area contributed by atoms with E-state index in [1.54, 1.807) is 12.2 Å². The molecule has 4 heteroatoms. The first-order chi connectivity index (χ1) is 13.7. The Morgan fingerprint density at radius 3 is 1.43 bits per heavy atom. The topological polar surface area (TPSA) is 43.5 Å². The number of hydrogen-bond donors (Lipinski definition) is 0. The third-order valence-electron chi connectivity index (χ3n) is 4.59. The van der Waals surface area contributed by atoms with Crippen LogP contribution in [0.2, 0.25) is 0 Å². The van der Waals surface area contributed by atoms with Crippen LogP contribution in [0.3, 0.4) is 0 Å². The molecule has 4 nitrogen and oxygen atoms in total. The standard InChI is InChI=1S/C24H28O4/c1-5-9-19-20(10-6-2)24(28-16-18-14-26-18)22(12-8-4)21(11-7-3)23(19)27-15-17-13-25-17/h5-10,17-18H,1-4,11-16H2/b19-9+,20-10+. The van der Waals surface area contributed by atoms with Crippen LogP contribution in [0.1, 0.15) is 11.1 Å². The highest BCUT2D eigenvalue weighted by Crippen LogP contribution is 2.28. The zero-order chi connectivity index (χ0) is 19.9. The summed E-state index contributed by atoms with van der Waals surface area (Å²) >= 11 is 0. The molecule has 0 aromatic heterocycles. The van der Waals surface area contributed by atoms with Crippen LogP contribution >= 0.6 is 0 Å². The van der Waals surface area contributed by atoms with Crippen molar-refractivity contribution in [2.45, 2.75) is 25.0 Å². The minimum absolute atomic E-state index is 0.158. The Balaban J connectivity index is 2.25. The molecule has 0 amide bonds. The molecule has 3 rings (SSSR count). The van der Waals surface area contributed by atoms with E-state index in [1.165, 1.54) is 0 Å². The number of allylic oxidation sites excluding steroid dienone is 4. The quantitative estimate of drug-likeness (QED) is 0.413. The molecule has 2 heterocycles. The molecule has 2 atom stereocenters. The smallest absolute Gasteiger partial charge is 0.131 e. The van der Waals surface area contributed by atoms with Crippen molar-refractivity contribution in [2.24, 2.45) is 0 Å². The summed E-state index contributed by atoms with van der Waals surface area (Å²) in [5, 5.41) is 1.85. The number of hydrogen-bond acceptors (Lipinski definition) is 4. The second kappa shape index (κ2) is 9.58. The van der Waals surface area contributed by atoms with Crippen LogP contribution in [0.4, 0.5) is 0 Å². The molecular weight excluding hydrogens is 352 g/mol. The monoisotopic (exact) mass is 380 g/mol. The Kier molecular flexibility index (Phi) is 6.90. The lowest BCUT2D eigenvalue weighted by Gasteiger charge is -2.20. The van der Waals surface area contributed by atoms with E-state index in [2.05, 4.69) is 26.3 Å². The molecule has 1 aromatic rings. The van der Waals surface area contributed by atoms with E-state index in [0.717, 1.165) is 46.3 Å². The molecule has 2 unspecified atom stereocenters. The lowest BCUT2D eigenvalue weighted by atomic mass is 9.95. The van der Waals surface area contributed by atoms with Crippen LogP contribution in [0.25, 0.3) is 12.2 Å². The van der Waals surface area contributed by atoms with Gasteiger partial charge >= 0.3 is 0 Å². The molecule has 0 radical (unpaired) electrons. The van der Waals surface area contributed by atoms with Crippen molar-refractivity contribution in [1.29, 1.82) is 0 Å². The zero-order valence-electron chi connectivity index (χ0n) is 16.3. The highest BCUT2D eigenvalue weighted by molar-refractivity contribution is 5.59. The maximum atomic E-state index is 6.24. The van der Waals surface area contributed by atoms with E-state index in [-0.39, 0.29) is 12.2 Å². The maximum absolute atomic E-state index is 6.24. The Morgan fingerprint density at radius 1 is 0.750 bits per heavy atom. The molecule has 28 heavy (non-hydrogen) atoms. The molecule has 2 fully saturated rings. The van der Waals surface area contributed by atoms with Crippen LogP contribution in [-0.4, -0.2) is 38.6 Å². The van der Waals surface area contributed by atoms with E-state index < -0.39 is 0 Å². The molecule has 0 spiro atoms. The summed E-state index contributed by atoms with van der Waals surface area (Å²) in [5.41, 5.74) is 2.10. The highest BCUT2D eigenvalue weighted by atomic mass is 16.6. The van der Waals surface area contributed by atoms with Crippen molar-refractivity contribution in [3.05, 3.63) is 72.2 Å². The SMILES string of the molecule is C=C/C=c1/c(OCC2CO2)c(CC=C)c(CC=C)c(OCC2CO2)/c1=C/C=C. The summed E-state index contributed by atoms with van der Waals surface area (Å²) in [6.07, 6.45) is 12.8. The Hall–Kier alpha value is -2.56. The molecule has 2 saturated heterocycles. The average Bonchev–Trinajstić information content (AvgIpc) is 3.59. The van der Waals surface area contributed by atoms with E-state index in [1.807, 2.05) is 24.3 Å². The van der Waals surface area contributed by atoms with Gasteiger partial charge in [0.2, 0.25) is 0 Å². The zero-order valence-corrected chi connectivity index (χ0v) is 16.3. The first-order valence-corrected chi connectivity index (χ1v) is 9.57. The average molecular weight is 380 g/mol. The Bertz CT molecular complexity index is 800. The van der Waals surface area contributed by atoms with E-state index >= 15 is 0 Å². The van der Waals surface area contributed by atoms with E-state index in [4.69, 9.17) is 18.9 Å². The summed E-state index contributed by atoms with van der Waals surface area (Å²) < 4.78 is 23.1. The fourth-order valence-electron chi connectivity index (χ4n) is 3.14. The lowest BCUT2D eigenvalue weighted by molar-refractivity contribution is 0.252. The van der Waals surface area contributed by atoms with Crippen LogP contribution in [0.15, 0.2) is 50.6 Å². The first-order valence-electron chi connectivity index (χ1n) is 9.57. The van der Waals surface area contributed by atoms with Crippen LogP contribution in [0.5, 0.6) is 11.5 Å². The van der Waals surface area contributed by atoms with Crippen molar-refractivity contribution >= 4 is 12.2 Å². The molecule has 148 valence electrons. The van der Waals surface area contributed by atoms with Gasteiger partial charge in [-0.05, 0) is 12.8 Å². The van der Waals surface area contributed by atoms with Crippen molar-refractivity contribution in [3.63, 3.8) is 0 Å². The van der Waals surface area contributed by atoms with Crippen LogP contribution in [0, 0.1) is 0 Å². The highest BCUT2D eigenvalue weighted by Gasteiger charge is 2.27. The van der Waals surface area contributed by atoms with Gasteiger partial charge in [0.05, 0.1) is 13.2 Å². The molecule has 2 aliphatic heterocycles. The normalized spacial score (nSPS) is 21.1. The van der Waals surface area contributed by atoms with E-state index in [9.17, 15) is 0 Å². The first kappa shape index (κ1) is 20.2.